The van der Waals surface area contributed by atoms with Gasteiger partial charge in [0, 0.05) is 11.1 Å². The number of aryl methyl sites for hydroxylation is 1. The van der Waals surface area contributed by atoms with Crippen molar-refractivity contribution in [2.24, 2.45) is 0 Å². The summed E-state index contributed by atoms with van der Waals surface area (Å²) in [6, 6.07) is 6.18. The Morgan fingerprint density at radius 1 is 1.44 bits per heavy atom. The van der Waals surface area contributed by atoms with Crippen LogP contribution in [0.3, 0.4) is 0 Å². The first-order chi connectivity index (χ1) is 7.67. The highest BCUT2D eigenvalue weighted by Crippen LogP contribution is 2.21. The number of benzene rings is 1. The zero-order valence-electron chi connectivity index (χ0n) is 10.2. The molecule has 16 heavy (non-hydrogen) atoms. The van der Waals surface area contributed by atoms with E-state index in [2.05, 4.69) is 12.2 Å². The molecule has 3 heteroatoms. The first-order valence-corrected chi connectivity index (χ1v) is 6.11. The second kappa shape index (κ2) is 6.77. The van der Waals surface area contributed by atoms with Gasteiger partial charge < -0.3 is 10.1 Å². The van der Waals surface area contributed by atoms with Crippen LogP contribution >= 0.6 is 11.6 Å². The van der Waals surface area contributed by atoms with E-state index in [0.29, 0.717) is 12.6 Å². The largest absolute Gasteiger partial charge is 0.492 e. The molecule has 2 nitrogen and oxygen atoms in total. The number of halogens is 1. The maximum atomic E-state index is 5.95. The predicted molar refractivity (Wildman–Crippen MR) is 69.4 cm³/mol. The van der Waals surface area contributed by atoms with Crippen LogP contribution in [0.15, 0.2) is 18.2 Å². The minimum atomic E-state index is 0.418. The van der Waals surface area contributed by atoms with Crippen LogP contribution < -0.4 is 10.1 Å². The van der Waals surface area contributed by atoms with Gasteiger partial charge in [-0.2, -0.15) is 0 Å². The molecule has 0 aliphatic rings. The minimum absolute atomic E-state index is 0.418. The van der Waals surface area contributed by atoms with E-state index in [0.717, 1.165) is 29.2 Å². The van der Waals surface area contributed by atoms with E-state index in [1.165, 1.54) is 0 Å². The molecule has 0 saturated heterocycles. The second-order valence-corrected chi connectivity index (χ2v) is 4.40. The standard InChI is InChI=1S/C13H20ClNO/c1-4-5-11(15-3)9-16-12-6-7-13(14)10(2)8-12/h6-8,11,15H,4-5,9H2,1-3H3. The number of hydrogen-bond acceptors (Lipinski definition) is 2. The summed E-state index contributed by atoms with van der Waals surface area (Å²) in [6.45, 7) is 4.86. The third-order valence-electron chi connectivity index (χ3n) is 2.63. The van der Waals surface area contributed by atoms with Crippen molar-refractivity contribution in [3.63, 3.8) is 0 Å². The smallest absolute Gasteiger partial charge is 0.119 e. The molecule has 90 valence electrons. The summed E-state index contributed by atoms with van der Waals surface area (Å²) in [5, 5.41) is 4.03. The van der Waals surface area contributed by atoms with Crippen LogP contribution in [-0.2, 0) is 0 Å². The molecule has 0 amide bonds. The second-order valence-electron chi connectivity index (χ2n) is 4.00. The summed E-state index contributed by atoms with van der Waals surface area (Å²) >= 11 is 5.95. The van der Waals surface area contributed by atoms with Crippen LogP contribution in [0, 0.1) is 6.92 Å². The van der Waals surface area contributed by atoms with Crippen molar-refractivity contribution in [3.8, 4) is 5.75 Å². The lowest BCUT2D eigenvalue weighted by atomic mass is 10.2. The van der Waals surface area contributed by atoms with Crippen molar-refractivity contribution < 1.29 is 4.74 Å². The number of likely N-dealkylation sites (N-methyl/N-ethyl adjacent to an activating group) is 1. The summed E-state index contributed by atoms with van der Waals surface area (Å²) in [7, 11) is 1.97. The first-order valence-electron chi connectivity index (χ1n) is 5.73. The van der Waals surface area contributed by atoms with E-state index in [1.807, 2.05) is 32.2 Å². The molecular weight excluding hydrogens is 222 g/mol. The lowest BCUT2D eigenvalue weighted by Gasteiger charge is -2.16. The molecule has 1 atom stereocenters. The van der Waals surface area contributed by atoms with Gasteiger partial charge in [0.15, 0.2) is 0 Å². The average molecular weight is 242 g/mol. The molecule has 0 aromatic heterocycles. The molecule has 0 aliphatic heterocycles. The van der Waals surface area contributed by atoms with Crippen molar-refractivity contribution >= 4 is 11.6 Å². The maximum absolute atomic E-state index is 5.95. The third kappa shape index (κ3) is 4.03. The fourth-order valence-electron chi connectivity index (χ4n) is 1.56. The monoisotopic (exact) mass is 241 g/mol. The van der Waals surface area contributed by atoms with Crippen molar-refractivity contribution in [2.75, 3.05) is 13.7 Å². The zero-order valence-corrected chi connectivity index (χ0v) is 11.0. The van der Waals surface area contributed by atoms with Crippen molar-refractivity contribution in [1.29, 1.82) is 0 Å². The van der Waals surface area contributed by atoms with E-state index >= 15 is 0 Å². The van der Waals surface area contributed by atoms with Crippen molar-refractivity contribution in [1.82, 2.24) is 5.32 Å². The Balaban J connectivity index is 2.50. The van der Waals surface area contributed by atoms with Gasteiger partial charge in [0.25, 0.3) is 0 Å². The van der Waals surface area contributed by atoms with E-state index in [-0.39, 0.29) is 0 Å². The maximum Gasteiger partial charge on any atom is 0.119 e. The molecule has 1 N–H and O–H groups in total. The summed E-state index contributed by atoms with van der Waals surface area (Å²) in [6.07, 6.45) is 2.29. The van der Waals surface area contributed by atoms with E-state index in [1.54, 1.807) is 0 Å². The molecule has 0 bridgehead atoms. The normalized spacial score (nSPS) is 12.5. The Kier molecular flexibility index (Phi) is 5.64. The summed E-state index contributed by atoms with van der Waals surface area (Å²) in [5.74, 6) is 0.887. The lowest BCUT2D eigenvalue weighted by molar-refractivity contribution is 0.262. The first kappa shape index (κ1) is 13.3. The molecule has 1 unspecified atom stereocenters. The minimum Gasteiger partial charge on any atom is -0.492 e. The van der Waals surface area contributed by atoms with Gasteiger partial charge in [0.05, 0.1) is 0 Å². The van der Waals surface area contributed by atoms with Gasteiger partial charge >= 0.3 is 0 Å². The van der Waals surface area contributed by atoms with E-state index < -0.39 is 0 Å². The quantitative estimate of drug-likeness (QED) is 0.824. The third-order valence-corrected chi connectivity index (χ3v) is 3.05. The highest BCUT2D eigenvalue weighted by Gasteiger charge is 2.06. The van der Waals surface area contributed by atoms with Crippen LogP contribution in [0.25, 0.3) is 0 Å². The highest BCUT2D eigenvalue weighted by atomic mass is 35.5. The lowest BCUT2D eigenvalue weighted by Crippen LogP contribution is -2.31. The van der Waals surface area contributed by atoms with Crippen LogP contribution in [0.4, 0.5) is 0 Å². The number of ether oxygens (including phenoxy) is 1. The summed E-state index contributed by atoms with van der Waals surface area (Å²) < 4.78 is 5.73. The average Bonchev–Trinajstić information content (AvgIpc) is 2.28. The Hall–Kier alpha value is -0.730. The van der Waals surface area contributed by atoms with Gasteiger partial charge in [0.2, 0.25) is 0 Å². The predicted octanol–water partition coefficient (Wildman–Crippen LogP) is 3.42. The molecule has 0 aliphatic carbocycles. The van der Waals surface area contributed by atoms with Crippen molar-refractivity contribution in [2.45, 2.75) is 32.7 Å². The van der Waals surface area contributed by atoms with E-state index in [9.17, 15) is 0 Å². The Bertz CT molecular complexity index is 328. The Morgan fingerprint density at radius 3 is 2.75 bits per heavy atom. The topological polar surface area (TPSA) is 21.3 Å². The van der Waals surface area contributed by atoms with Gasteiger partial charge in [-0.05, 0) is 44.2 Å². The van der Waals surface area contributed by atoms with Gasteiger partial charge in [-0.3, -0.25) is 0 Å². The Labute approximate surface area is 103 Å². The van der Waals surface area contributed by atoms with Crippen LogP contribution in [0.2, 0.25) is 5.02 Å². The molecule has 1 rings (SSSR count). The van der Waals surface area contributed by atoms with Crippen LogP contribution in [-0.4, -0.2) is 19.7 Å². The van der Waals surface area contributed by atoms with Crippen LogP contribution in [0.1, 0.15) is 25.3 Å². The summed E-state index contributed by atoms with van der Waals surface area (Å²) in [4.78, 5) is 0. The Morgan fingerprint density at radius 2 is 2.19 bits per heavy atom. The SMILES string of the molecule is CCCC(COc1ccc(Cl)c(C)c1)NC. The molecule has 0 spiro atoms. The zero-order chi connectivity index (χ0) is 12.0. The highest BCUT2D eigenvalue weighted by molar-refractivity contribution is 6.31. The molecule has 1 aromatic rings. The summed E-state index contributed by atoms with van der Waals surface area (Å²) in [5.41, 5.74) is 1.05. The van der Waals surface area contributed by atoms with Gasteiger partial charge in [-0.25, -0.2) is 0 Å². The van der Waals surface area contributed by atoms with Crippen molar-refractivity contribution in [3.05, 3.63) is 28.8 Å². The van der Waals surface area contributed by atoms with Gasteiger partial charge in [-0.1, -0.05) is 24.9 Å². The van der Waals surface area contributed by atoms with Crippen LogP contribution in [0.5, 0.6) is 5.75 Å². The number of nitrogens with one attached hydrogen (secondary N) is 1. The molecule has 0 heterocycles. The molecule has 1 aromatic carbocycles. The number of rotatable bonds is 6. The molecule has 0 radical (unpaired) electrons. The van der Waals surface area contributed by atoms with Gasteiger partial charge in [-0.15, -0.1) is 0 Å². The fraction of sp³-hybridized carbons (Fsp3) is 0.538. The van der Waals surface area contributed by atoms with E-state index in [4.69, 9.17) is 16.3 Å². The molecule has 0 fully saturated rings. The fourth-order valence-corrected chi connectivity index (χ4v) is 1.68. The number of hydrogen-bond donors (Lipinski definition) is 1. The van der Waals surface area contributed by atoms with Gasteiger partial charge in [0.1, 0.15) is 12.4 Å². The molecular formula is C13H20ClNO. The molecule has 0 saturated carbocycles.